The first-order valence-electron chi connectivity index (χ1n) is 5.56. The van der Waals surface area contributed by atoms with Crippen molar-refractivity contribution in [3.8, 4) is 0 Å². The van der Waals surface area contributed by atoms with E-state index in [1.807, 2.05) is 6.92 Å². The van der Waals surface area contributed by atoms with E-state index in [-0.39, 0.29) is 19.0 Å². The average molecular weight is 251 g/mol. The smallest absolute Gasteiger partial charge is 0.378 e. The van der Waals surface area contributed by atoms with Crippen LogP contribution < -0.4 is 0 Å². The number of rotatable bonds is 5. The maximum Gasteiger partial charge on any atom is 0.378 e. The van der Waals surface area contributed by atoms with Gasteiger partial charge in [-0.25, -0.2) is 19.1 Å². The Hall–Kier alpha value is -2.32. The zero-order valence-corrected chi connectivity index (χ0v) is 10.1. The lowest BCUT2D eigenvalue weighted by Crippen LogP contribution is -2.17. The van der Waals surface area contributed by atoms with Crippen molar-refractivity contribution in [3.05, 3.63) is 18.0 Å². The Balaban J connectivity index is 2.20. The van der Waals surface area contributed by atoms with Crippen LogP contribution in [-0.2, 0) is 17.8 Å². The molecule has 2 heterocycles. The molecule has 0 fully saturated rings. The van der Waals surface area contributed by atoms with Crippen molar-refractivity contribution < 1.29 is 9.53 Å². The van der Waals surface area contributed by atoms with Gasteiger partial charge in [-0.15, -0.1) is 5.10 Å². The molecule has 96 valence electrons. The van der Waals surface area contributed by atoms with Gasteiger partial charge in [0.1, 0.15) is 18.7 Å². The van der Waals surface area contributed by atoms with Gasteiger partial charge in [-0.3, -0.25) is 0 Å². The van der Waals surface area contributed by atoms with E-state index in [0.717, 1.165) is 0 Å². The van der Waals surface area contributed by atoms with Crippen LogP contribution in [0.15, 0.2) is 6.33 Å². The van der Waals surface area contributed by atoms with Crippen molar-refractivity contribution >= 4 is 5.97 Å². The normalized spacial score (nSPS) is 10.6. The second-order valence-electron chi connectivity index (χ2n) is 3.37. The fraction of sp³-hybridized carbons (Fsp3) is 0.556. The maximum atomic E-state index is 11.6. The number of aryl methyl sites for hydroxylation is 1. The molecule has 0 unspecified atom stereocenters. The number of tetrazole rings is 1. The molecule has 2 aromatic heterocycles. The molecular weight excluding hydrogens is 238 g/mol. The summed E-state index contributed by atoms with van der Waals surface area (Å²) in [6, 6.07) is 0. The van der Waals surface area contributed by atoms with Crippen LogP contribution in [0.2, 0.25) is 0 Å². The first kappa shape index (κ1) is 12.1. The van der Waals surface area contributed by atoms with Crippen LogP contribution in [0.3, 0.4) is 0 Å². The van der Waals surface area contributed by atoms with Gasteiger partial charge >= 0.3 is 5.97 Å². The molecule has 2 aromatic rings. The maximum absolute atomic E-state index is 11.6. The minimum atomic E-state index is -0.551. The van der Waals surface area contributed by atoms with Crippen LogP contribution in [0.5, 0.6) is 0 Å². The number of ether oxygens (including phenoxy) is 1. The Morgan fingerprint density at radius 1 is 1.39 bits per heavy atom. The molecule has 0 bridgehead atoms. The Kier molecular flexibility index (Phi) is 3.60. The molecule has 0 N–H and O–H groups in total. The van der Waals surface area contributed by atoms with E-state index in [1.165, 1.54) is 11.0 Å². The van der Waals surface area contributed by atoms with Crippen molar-refractivity contribution in [2.75, 3.05) is 6.61 Å². The van der Waals surface area contributed by atoms with E-state index in [4.69, 9.17) is 4.74 Å². The standard InChI is InChI=1S/C9H13N7O2/c1-3-15-7(10-6-11-15)5-16-8(12-13-14-16)9(17)18-4-2/h6H,3-5H2,1-2H3. The summed E-state index contributed by atoms with van der Waals surface area (Å²) >= 11 is 0. The van der Waals surface area contributed by atoms with Crippen molar-refractivity contribution in [1.82, 2.24) is 35.0 Å². The summed E-state index contributed by atoms with van der Waals surface area (Å²) in [5.74, 6) is 0.183. The Bertz CT molecular complexity index is 533. The third-order valence-electron chi connectivity index (χ3n) is 2.28. The van der Waals surface area contributed by atoms with E-state index >= 15 is 0 Å². The quantitative estimate of drug-likeness (QED) is 0.661. The average Bonchev–Trinajstić information content (AvgIpc) is 2.98. The summed E-state index contributed by atoms with van der Waals surface area (Å²) < 4.78 is 7.90. The molecule has 0 aliphatic carbocycles. The van der Waals surface area contributed by atoms with Gasteiger partial charge in [-0.05, 0) is 24.3 Å². The molecule has 0 saturated heterocycles. The van der Waals surface area contributed by atoms with E-state index in [9.17, 15) is 4.79 Å². The molecule has 0 aliphatic rings. The molecule has 0 radical (unpaired) electrons. The van der Waals surface area contributed by atoms with E-state index < -0.39 is 5.97 Å². The van der Waals surface area contributed by atoms with Gasteiger partial charge in [0, 0.05) is 6.54 Å². The van der Waals surface area contributed by atoms with Crippen LogP contribution >= 0.6 is 0 Å². The van der Waals surface area contributed by atoms with Gasteiger partial charge in [0.25, 0.3) is 5.82 Å². The fourth-order valence-corrected chi connectivity index (χ4v) is 1.46. The second kappa shape index (κ2) is 5.34. The summed E-state index contributed by atoms with van der Waals surface area (Å²) in [4.78, 5) is 15.7. The number of carbonyl (C=O) groups is 1. The predicted molar refractivity (Wildman–Crippen MR) is 58.6 cm³/mol. The molecule has 0 amide bonds. The van der Waals surface area contributed by atoms with Gasteiger partial charge in [-0.1, -0.05) is 0 Å². The highest BCUT2D eigenvalue weighted by Crippen LogP contribution is 2.01. The number of hydrogen-bond acceptors (Lipinski definition) is 7. The topological polar surface area (TPSA) is 101 Å². The second-order valence-corrected chi connectivity index (χ2v) is 3.37. The molecule has 9 nitrogen and oxygen atoms in total. The van der Waals surface area contributed by atoms with Crippen LogP contribution in [0, 0.1) is 0 Å². The molecule has 0 aliphatic heterocycles. The van der Waals surface area contributed by atoms with Gasteiger partial charge in [0.2, 0.25) is 0 Å². The molecule has 0 aromatic carbocycles. The monoisotopic (exact) mass is 251 g/mol. The third kappa shape index (κ3) is 2.34. The summed E-state index contributed by atoms with van der Waals surface area (Å²) in [6.45, 7) is 4.90. The lowest BCUT2D eigenvalue weighted by Gasteiger charge is -2.04. The minimum Gasteiger partial charge on any atom is -0.460 e. The van der Waals surface area contributed by atoms with Crippen LogP contribution in [0.25, 0.3) is 0 Å². The van der Waals surface area contributed by atoms with Crippen molar-refractivity contribution in [3.63, 3.8) is 0 Å². The molecule has 9 heteroatoms. The minimum absolute atomic E-state index is 0.0579. The summed E-state index contributed by atoms with van der Waals surface area (Å²) in [5, 5.41) is 14.9. The van der Waals surface area contributed by atoms with Gasteiger partial charge in [0.05, 0.1) is 6.61 Å². The highest BCUT2D eigenvalue weighted by atomic mass is 16.5. The van der Waals surface area contributed by atoms with Gasteiger partial charge in [0.15, 0.2) is 0 Å². The fourth-order valence-electron chi connectivity index (χ4n) is 1.46. The van der Waals surface area contributed by atoms with Gasteiger partial charge in [-0.2, -0.15) is 5.10 Å². The van der Waals surface area contributed by atoms with Crippen molar-refractivity contribution in [1.29, 1.82) is 0 Å². The highest BCUT2D eigenvalue weighted by Gasteiger charge is 2.18. The highest BCUT2D eigenvalue weighted by molar-refractivity contribution is 5.85. The number of nitrogens with zero attached hydrogens (tertiary/aromatic N) is 7. The summed E-state index contributed by atoms with van der Waals surface area (Å²) in [6.07, 6.45) is 1.45. The lowest BCUT2D eigenvalue weighted by atomic mass is 10.5. The van der Waals surface area contributed by atoms with Gasteiger partial charge < -0.3 is 4.74 Å². The SMILES string of the molecule is CCOC(=O)c1nnnn1Cc1ncnn1CC. The predicted octanol–water partition coefficient (Wildman–Crippen LogP) is -0.491. The molecule has 0 saturated carbocycles. The summed E-state index contributed by atoms with van der Waals surface area (Å²) in [7, 11) is 0. The number of hydrogen-bond donors (Lipinski definition) is 0. The molecule has 0 spiro atoms. The van der Waals surface area contributed by atoms with Crippen LogP contribution in [-0.4, -0.2) is 47.5 Å². The first-order valence-corrected chi connectivity index (χ1v) is 5.56. The molecular formula is C9H13N7O2. The number of aromatic nitrogens is 7. The van der Waals surface area contributed by atoms with E-state index in [1.54, 1.807) is 11.6 Å². The summed E-state index contributed by atoms with van der Waals surface area (Å²) in [5.41, 5.74) is 0. The van der Waals surface area contributed by atoms with E-state index in [0.29, 0.717) is 12.4 Å². The van der Waals surface area contributed by atoms with Crippen LogP contribution in [0.1, 0.15) is 30.3 Å². The molecule has 18 heavy (non-hydrogen) atoms. The zero-order valence-electron chi connectivity index (χ0n) is 10.1. The third-order valence-corrected chi connectivity index (χ3v) is 2.28. The Morgan fingerprint density at radius 3 is 2.94 bits per heavy atom. The Labute approximate surface area is 103 Å². The lowest BCUT2D eigenvalue weighted by molar-refractivity contribution is 0.0505. The van der Waals surface area contributed by atoms with Crippen molar-refractivity contribution in [2.45, 2.75) is 26.9 Å². The molecule has 0 atom stereocenters. The van der Waals surface area contributed by atoms with E-state index in [2.05, 4.69) is 25.6 Å². The van der Waals surface area contributed by atoms with Crippen LogP contribution in [0.4, 0.5) is 0 Å². The van der Waals surface area contributed by atoms with Crippen molar-refractivity contribution in [2.24, 2.45) is 0 Å². The zero-order chi connectivity index (χ0) is 13.0. The largest absolute Gasteiger partial charge is 0.460 e. The Morgan fingerprint density at radius 2 is 2.22 bits per heavy atom. The first-order chi connectivity index (χ1) is 8.76. The number of carbonyl (C=O) groups excluding carboxylic acids is 1. The number of esters is 1. The molecule has 2 rings (SSSR count).